The quantitative estimate of drug-likeness (QED) is 0.414. The molecule has 9 heteroatoms. The Bertz CT molecular complexity index is 1580. The number of aryl methyl sites for hydroxylation is 1. The van der Waals surface area contributed by atoms with E-state index in [1.165, 1.54) is 28.0 Å². The van der Waals surface area contributed by atoms with Crippen LogP contribution in [0.4, 0.5) is 0 Å². The number of thiazole rings is 1. The zero-order valence-corrected chi connectivity index (χ0v) is 18.2. The van der Waals surface area contributed by atoms with E-state index in [4.69, 9.17) is 14.3 Å². The van der Waals surface area contributed by atoms with Gasteiger partial charge in [0.1, 0.15) is 28.4 Å². The van der Waals surface area contributed by atoms with Crippen molar-refractivity contribution in [2.45, 2.75) is 13.5 Å². The summed E-state index contributed by atoms with van der Waals surface area (Å²) in [5, 5.41) is 13.3. The molecule has 33 heavy (non-hydrogen) atoms. The first-order chi connectivity index (χ1) is 16.0. The molecule has 0 saturated carbocycles. The molecule has 2 aromatic carbocycles. The molecule has 1 N–H and O–H groups in total. The second kappa shape index (κ2) is 8.36. The third-order valence-electron chi connectivity index (χ3n) is 4.99. The predicted octanol–water partition coefficient (Wildman–Crippen LogP) is 3.54. The van der Waals surface area contributed by atoms with E-state index in [0.717, 1.165) is 16.9 Å². The maximum absolute atomic E-state index is 12.8. The van der Waals surface area contributed by atoms with E-state index in [9.17, 15) is 9.59 Å². The summed E-state index contributed by atoms with van der Waals surface area (Å²) in [5.41, 5.74) is 1.66. The van der Waals surface area contributed by atoms with Gasteiger partial charge in [-0.25, -0.2) is 4.79 Å². The van der Waals surface area contributed by atoms with E-state index < -0.39 is 5.97 Å². The number of nitrogens with zero attached hydrogens (tertiary/aromatic N) is 3. The molecule has 3 aromatic heterocycles. The lowest BCUT2D eigenvalue weighted by atomic mass is 10.1. The standard InChI is InChI=1S/C24H17N3O5S/c1-14-4-2-3-5-18(14)31-13-21-25-24-27(26-21)22(28)20(33-24)12-17-10-11-19(32-17)15-6-8-16(9-7-15)23(29)30/h2-12H,13H2,1H3,(H,29,30)/b20-12-. The average Bonchev–Trinajstić information content (AvgIpc) is 3.51. The summed E-state index contributed by atoms with van der Waals surface area (Å²) in [6.45, 7) is 2.12. The van der Waals surface area contributed by atoms with Crippen LogP contribution in [-0.4, -0.2) is 25.7 Å². The van der Waals surface area contributed by atoms with Crippen molar-refractivity contribution in [2.75, 3.05) is 0 Å². The number of carboxylic acid groups (broad SMARTS) is 1. The Morgan fingerprint density at radius 3 is 2.67 bits per heavy atom. The van der Waals surface area contributed by atoms with Crippen LogP contribution in [0.3, 0.4) is 0 Å². The monoisotopic (exact) mass is 459 g/mol. The number of ether oxygens (including phenoxy) is 1. The normalized spacial score (nSPS) is 11.8. The molecule has 0 aliphatic heterocycles. The Labute approximate surface area is 191 Å². The molecule has 5 rings (SSSR count). The van der Waals surface area contributed by atoms with Crippen molar-refractivity contribution in [3.63, 3.8) is 0 Å². The Balaban J connectivity index is 1.37. The van der Waals surface area contributed by atoms with Gasteiger partial charge in [0, 0.05) is 11.6 Å². The van der Waals surface area contributed by atoms with Gasteiger partial charge in [-0.05, 0) is 42.8 Å². The molecule has 5 aromatic rings. The second-order valence-corrected chi connectivity index (χ2v) is 8.29. The van der Waals surface area contributed by atoms with Crippen molar-refractivity contribution in [1.29, 1.82) is 0 Å². The minimum atomic E-state index is -0.987. The molecule has 0 fully saturated rings. The lowest BCUT2D eigenvalue weighted by Gasteiger charge is -2.05. The average molecular weight is 459 g/mol. The highest BCUT2D eigenvalue weighted by molar-refractivity contribution is 7.15. The number of carboxylic acids is 1. The molecule has 0 atom stereocenters. The topological polar surface area (TPSA) is 107 Å². The molecule has 0 spiro atoms. The van der Waals surface area contributed by atoms with Crippen LogP contribution in [0.25, 0.3) is 22.4 Å². The molecule has 8 nitrogen and oxygen atoms in total. The third kappa shape index (κ3) is 4.13. The Hall–Kier alpha value is -4.24. The van der Waals surface area contributed by atoms with E-state index in [1.54, 1.807) is 30.3 Å². The first-order valence-electron chi connectivity index (χ1n) is 10.00. The number of hydrogen-bond donors (Lipinski definition) is 1. The first-order valence-corrected chi connectivity index (χ1v) is 10.8. The highest BCUT2D eigenvalue weighted by atomic mass is 32.1. The lowest BCUT2D eigenvalue weighted by Crippen LogP contribution is -2.23. The van der Waals surface area contributed by atoms with Gasteiger partial charge in [-0.1, -0.05) is 41.7 Å². The van der Waals surface area contributed by atoms with Crippen molar-refractivity contribution in [3.05, 3.63) is 98.3 Å². The minimum Gasteiger partial charge on any atom is -0.485 e. The number of furan rings is 1. The van der Waals surface area contributed by atoms with Crippen LogP contribution in [0.5, 0.6) is 5.75 Å². The molecule has 0 saturated heterocycles. The maximum Gasteiger partial charge on any atom is 0.335 e. The molecular weight excluding hydrogens is 442 g/mol. The van der Waals surface area contributed by atoms with Crippen LogP contribution in [0.15, 0.2) is 69.9 Å². The second-order valence-electron chi connectivity index (χ2n) is 7.28. The van der Waals surface area contributed by atoms with E-state index in [0.29, 0.717) is 26.8 Å². The molecule has 0 amide bonds. The van der Waals surface area contributed by atoms with Crippen molar-refractivity contribution >= 4 is 28.3 Å². The number of fused-ring (bicyclic) bond motifs is 1. The first kappa shape index (κ1) is 20.7. The minimum absolute atomic E-state index is 0.167. The fourth-order valence-electron chi connectivity index (χ4n) is 3.29. The smallest absolute Gasteiger partial charge is 0.335 e. The fourth-order valence-corrected chi connectivity index (χ4v) is 4.19. The van der Waals surface area contributed by atoms with Crippen LogP contribution in [0, 0.1) is 6.92 Å². The molecule has 3 heterocycles. The van der Waals surface area contributed by atoms with Gasteiger partial charge in [-0.3, -0.25) is 4.79 Å². The van der Waals surface area contributed by atoms with E-state index >= 15 is 0 Å². The summed E-state index contributed by atoms with van der Waals surface area (Å²) in [6, 6.07) is 17.6. The summed E-state index contributed by atoms with van der Waals surface area (Å²) in [7, 11) is 0. The van der Waals surface area contributed by atoms with Gasteiger partial charge in [0.15, 0.2) is 5.82 Å². The summed E-state index contributed by atoms with van der Waals surface area (Å²) >= 11 is 1.22. The molecule has 0 aliphatic rings. The lowest BCUT2D eigenvalue weighted by molar-refractivity contribution is 0.0697. The van der Waals surface area contributed by atoms with Crippen LogP contribution in [-0.2, 0) is 6.61 Å². The summed E-state index contributed by atoms with van der Waals surface area (Å²) in [5.74, 6) is 1.26. The predicted molar refractivity (Wildman–Crippen MR) is 123 cm³/mol. The van der Waals surface area contributed by atoms with Gasteiger partial charge in [-0.15, -0.1) is 5.10 Å². The maximum atomic E-state index is 12.8. The van der Waals surface area contributed by atoms with E-state index in [1.807, 2.05) is 31.2 Å². The summed E-state index contributed by atoms with van der Waals surface area (Å²) < 4.78 is 13.3. The zero-order chi connectivity index (χ0) is 22.9. The van der Waals surface area contributed by atoms with Crippen molar-refractivity contribution < 1.29 is 19.1 Å². The van der Waals surface area contributed by atoms with Crippen LogP contribution < -0.4 is 14.8 Å². The number of hydrogen-bond acceptors (Lipinski definition) is 7. The molecular formula is C24H17N3O5S. The van der Waals surface area contributed by atoms with E-state index in [-0.39, 0.29) is 17.7 Å². The molecule has 164 valence electrons. The summed E-state index contributed by atoms with van der Waals surface area (Å²) in [6.07, 6.45) is 1.64. The van der Waals surface area contributed by atoms with Gasteiger partial charge in [0.2, 0.25) is 4.96 Å². The number of rotatable bonds is 6. The number of aromatic nitrogens is 3. The highest BCUT2D eigenvalue weighted by Gasteiger charge is 2.12. The van der Waals surface area contributed by atoms with Gasteiger partial charge < -0.3 is 14.3 Å². The van der Waals surface area contributed by atoms with Gasteiger partial charge in [0.25, 0.3) is 5.56 Å². The van der Waals surface area contributed by atoms with Gasteiger partial charge in [-0.2, -0.15) is 9.50 Å². The number of aromatic carboxylic acids is 1. The fraction of sp³-hybridized carbons (Fsp3) is 0.0833. The van der Waals surface area contributed by atoms with Crippen LogP contribution in [0.1, 0.15) is 27.5 Å². The van der Waals surface area contributed by atoms with Crippen molar-refractivity contribution in [1.82, 2.24) is 14.6 Å². The zero-order valence-electron chi connectivity index (χ0n) is 17.4. The largest absolute Gasteiger partial charge is 0.485 e. The Morgan fingerprint density at radius 2 is 1.94 bits per heavy atom. The van der Waals surface area contributed by atoms with Gasteiger partial charge >= 0.3 is 5.97 Å². The van der Waals surface area contributed by atoms with Gasteiger partial charge in [0.05, 0.1) is 5.56 Å². The van der Waals surface area contributed by atoms with Crippen LogP contribution >= 0.6 is 11.3 Å². The Kier molecular flexibility index (Phi) is 5.23. The molecule has 0 unspecified atom stereocenters. The number of para-hydroxylation sites is 1. The molecule has 0 radical (unpaired) electrons. The van der Waals surface area contributed by atoms with Crippen LogP contribution in [0.2, 0.25) is 0 Å². The third-order valence-corrected chi connectivity index (χ3v) is 5.95. The number of carbonyl (C=O) groups is 1. The Morgan fingerprint density at radius 1 is 1.15 bits per heavy atom. The molecule has 0 bridgehead atoms. The van der Waals surface area contributed by atoms with Crippen molar-refractivity contribution in [3.8, 4) is 17.1 Å². The molecule has 0 aliphatic carbocycles. The van der Waals surface area contributed by atoms with Crippen molar-refractivity contribution in [2.24, 2.45) is 0 Å². The van der Waals surface area contributed by atoms with E-state index in [2.05, 4.69) is 10.1 Å². The SMILES string of the molecule is Cc1ccccc1OCc1nc2s/c(=C\c3ccc(-c4ccc(C(=O)O)cc4)o3)c(=O)n2n1. The number of benzene rings is 2. The summed E-state index contributed by atoms with van der Waals surface area (Å²) in [4.78, 5) is 28.6. The highest BCUT2D eigenvalue weighted by Crippen LogP contribution is 2.23.